The van der Waals surface area contributed by atoms with Gasteiger partial charge in [-0.15, -0.1) is 23.1 Å². The molecule has 0 aromatic carbocycles. The topological polar surface area (TPSA) is 61.9 Å². The van der Waals surface area contributed by atoms with Crippen molar-refractivity contribution < 1.29 is 14.3 Å². The number of nitrogens with one attached hydrogen (secondary N) is 1. The average molecular weight is 456 g/mol. The lowest BCUT2D eigenvalue weighted by atomic mass is 9.91. The van der Waals surface area contributed by atoms with Gasteiger partial charge < -0.3 is 19.9 Å². The van der Waals surface area contributed by atoms with Crippen LogP contribution in [0.25, 0.3) is 0 Å². The van der Waals surface area contributed by atoms with Crippen molar-refractivity contribution in [3.8, 4) is 0 Å². The summed E-state index contributed by atoms with van der Waals surface area (Å²) in [6.45, 7) is 4.24. The van der Waals surface area contributed by atoms with Crippen LogP contribution < -0.4 is 5.32 Å². The Labute approximate surface area is 184 Å². The molecule has 0 radical (unpaired) electrons. The minimum atomic E-state index is -0.239. The SMILES string of the molecule is CO[C@H]1CN(C(=O)C2=CC3CCN(C)C(C)C3S2)C[C@@H]1NC(=O)c1ccc(Cl)s1. The Hall–Kier alpha value is -1.06. The average Bonchev–Trinajstić information content (AvgIpc) is 3.42. The first kappa shape index (κ1) is 21.2. The second-order valence-electron chi connectivity index (χ2n) is 7.96. The zero-order valence-electron chi connectivity index (χ0n) is 16.8. The molecule has 5 atom stereocenters. The minimum absolute atomic E-state index is 0.0530. The third-order valence-electron chi connectivity index (χ3n) is 6.22. The van der Waals surface area contributed by atoms with E-state index in [9.17, 15) is 9.59 Å². The third kappa shape index (κ3) is 4.23. The second kappa shape index (κ2) is 8.59. The predicted molar refractivity (Wildman–Crippen MR) is 118 cm³/mol. The number of piperidine rings is 1. The molecular weight excluding hydrogens is 430 g/mol. The molecule has 0 saturated carbocycles. The number of amides is 2. The van der Waals surface area contributed by atoms with Crippen molar-refractivity contribution in [1.29, 1.82) is 0 Å². The van der Waals surface area contributed by atoms with Crippen LogP contribution in [0.5, 0.6) is 0 Å². The number of nitrogens with zero attached hydrogens (tertiary/aromatic N) is 2. The van der Waals surface area contributed by atoms with Crippen LogP contribution >= 0.6 is 34.7 Å². The first-order valence-corrected chi connectivity index (χ1v) is 11.9. The molecule has 3 unspecified atom stereocenters. The number of thiophene rings is 1. The van der Waals surface area contributed by atoms with Crippen LogP contribution in [0.3, 0.4) is 0 Å². The summed E-state index contributed by atoms with van der Waals surface area (Å²) in [4.78, 5) is 31.3. The van der Waals surface area contributed by atoms with Crippen LogP contribution in [-0.2, 0) is 9.53 Å². The number of likely N-dealkylation sites (tertiary alicyclic amines) is 2. The van der Waals surface area contributed by atoms with Crippen LogP contribution in [0.15, 0.2) is 23.1 Å². The first-order chi connectivity index (χ1) is 13.9. The smallest absolute Gasteiger partial charge is 0.261 e. The van der Waals surface area contributed by atoms with E-state index in [0.29, 0.717) is 39.5 Å². The summed E-state index contributed by atoms with van der Waals surface area (Å²) in [5.41, 5.74) is 0. The number of halogens is 1. The molecule has 3 aliphatic rings. The Morgan fingerprint density at radius 1 is 1.31 bits per heavy atom. The Balaban J connectivity index is 1.41. The highest BCUT2D eigenvalue weighted by Gasteiger charge is 2.43. The highest BCUT2D eigenvalue weighted by atomic mass is 35.5. The number of fused-ring (bicyclic) bond motifs is 1. The molecule has 29 heavy (non-hydrogen) atoms. The molecule has 1 aromatic rings. The summed E-state index contributed by atoms with van der Waals surface area (Å²) in [5, 5.41) is 3.45. The van der Waals surface area contributed by atoms with Gasteiger partial charge in [-0.05, 0) is 45.0 Å². The van der Waals surface area contributed by atoms with Crippen molar-refractivity contribution in [1.82, 2.24) is 15.1 Å². The van der Waals surface area contributed by atoms with Gasteiger partial charge in [0.15, 0.2) is 0 Å². The van der Waals surface area contributed by atoms with Gasteiger partial charge in [-0.25, -0.2) is 0 Å². The molecule has 2 fully saturated rings. The van der Waals surface area contributed by atoms with Gasteiger partial charge in [0.1, 0.15) is 0 Å². The largest absolute Gasteiger partial charge is 0.377 e. The standard InChI is InChI=1S/C20H26ClN3O3S2/c1-11-18-12(6-7-23(11)2)8-16(29-18)20(26)24-9-13(14(10-24)27-3)22-19(25)15-4-5-17(21)28-15/h4-5,8,11-14,18H,6-7,9-10H2,1-3H3,(H,22,25)/t11?,12?,13-,14-,18?/m0/s1. The van der Waals surface area contributed by atoms with Crippen molar-refractivity contribution in [3.63, 3.8) is 0 Å². The number of allylic oxidation sites excluding steroid dienone is 1. The maximum atomic E-state index is 13.2. The molecule has 2 saturated heterocycles. The van der Waals surface area contributed by atoms with E-state index in [-0.39, 0.29) is 24.0 Å². The van der Waals surface area contributed by atoms with Crippen LogP contribution in [0, 0.1) is 5.92 Å². The molecule has 0 aliphatic carbocycles. The summed E-state index contributed by atoms with van der Waals surface area (Å²) < 4.78 is 6.15. The molecule has 9 heteroatoms. The quantitative estimate of drug-likeness (QED) is 0.756. The fourth-order valence-corrected chi connectivity index (χ4v) is 6.86. The molecule has 0 bridgehead atoms. The maximum Gasteiger partial charge on any atom is 0.261 e. The highest BCUT2D eigenvalue weighted by molar-refractivity contribution is 8.04. The van der Waals surface area contributed by atoms with Crippen LogP contribution in [0.2, 0.25) is 4.34 Å². The van der Waals surface area contributed by atoms with E-state index >= 15 is 0 Å². The molecular formula is C20H26ClN3O3S2. The van der Waals surface area contributed by atoms with E-state index in [1.54, 1.807) is 31.0 Å². The van der Waals surface area contributed by atoms with Gasteiger partial charge in [0, 0.05) is 31.5 Å². The van der Waals surface area contributed by atoms with Crippen LogP contribution in [0.4, 0.5) is 0 Å². The van der Waals surface area contributed by atoms with E-state index in [1.165, 1.54) is 11.3 Å². The summed E-state index contributed by atoms with van der Waals surface area (Å²) in [6, 6.07) is 3.63. The number of rotatable bonds is 4. The monoisotopic (exact) mass is 455 g/mol. The second-order valence-corrected chi connectivity index (χ2v) is 10.9. The summed E-state index contributed by atoms with van der Waals surface area (Å²) in [5.74, 6) is 0.336. The van der Waals surface area contributed by atoms with E-state index < -0.39 is 0 Å². The Kier molecular flexibility index (Phi) is 6.27. The molecule has 158 valence electrons. The van der Waals surface area contributed by atoms with E-state index in [4.69, 9.17) is 16.3 Å². The normalized spacial score (nSPS) is 32.2. The molecule has 0 spiro atoms. The fourth-order valence-electron chi connectivity index (χ4n) is 4.34. The molecule has 4 rings (SSSR count). The highest BCUT2D eigenvalue weighted by Crippen LogP contribution is 2.44. The zero-order chi connectivity index (χ0) is 20.7. The molecule has 2 amide bonds. The van der Waals surface area contributed by atoms with Crippen molar-refractivity contribution >= 4 is 46.5 Å². The first-order valence-electron chi connectivity index (χ1n) is 9.84. The molecule has 6 nitrogen and oxygen atoms in total. The molecule has 4 heterocycles. The van der Waals surface area contributed by atoms with Gasteiger partial charge in [-0.3, -0.25) is 9.59 Å². The van der Waals surface area contributed by atoms with E-state index in [0.717, 1.165) is 17.9 Å². The van der Waals surface area contributed by atoms with Gasteiger partial charge >= 0.3 is 0 Å². The van der Waals surface area contributed by atoms with Gasteiger partial charge in [-0.1, -0.05) is 17.7 Å². The lowest BCUT2D eigenvalue weighted by Gasteiger charge is -2.38. The molecule has 3 aliphatic heterocycles. The number of hydrogen-bond donors (Lipinski definition) is 1. The molecule has 1 aromatic heterocycles. The zero-order valence-corrected chi connectivity index (χ0v) is 19.1. The van der Waals surface area contributed by atoms with Crippen LogP contribution in [0.1, 0.15) is 23.0 Å². The Bertz CT molecular complexity index is 830. The third-order valence-corrected chi connectivity index (χ3v) is 9.03. The molecule has 1 N–H and O–H groups in total. The lowest BCUT2D eigenvalue weighted by Crippen LogP contribution is -2.45. The fraction of sp³-hybridized carbons (Fsp3) is 0.600. The van der Waals surface area contributed by atoms with Crippen molar-refractivity contribution in [2.75, 3.05) is 33.8 Å². The van der Waals surface area contributed by atoms with Crippen molar-refractivity contribution in [3.05, 3.63) is 32.3 Å². The van der Waals surface area contributed by atoms with Gasteiger partial charge in [0.05, 0.1) is 26.3 Å². The number of hydrogen-bond acceptors (Lipinski definition) is 6. The number of ether oxygens (including phenoxy) is 1. The Morgan fingerprint density at radius 2 is 2.10 bits per heavy atom. The van der Waals surface area contributed by atoms with E-state index in [1.807, 2.05) is 4.90 Å². The van der Waals surface area contributed by atoms with Crippen molar-refractivity contribution in [2.45, 2.75) is 36.8 Å². The number of methoxy groups -OCH3 is 1. The van der Waals surface area contributed by atoms with Crippen molar-refractivity contribution in [2.24, 2.45) is 5.92 Å². The summed E-state index contributed by atoms with van der Waals surface area (Å²) in [7, 11) is 3.77. The van der Waals surface area contributed by atoms with Crippen LogP contribution in [-0.4, -0.2) is 78.8 Å². The van der Waals surface area contributed by atoms with Gasteiger partial charge in [0.2, 0.25) is 0 Å². The van der Waals surface area contributed by atoms with E-state index in [2.05, 4.69) is 30.3 Å². The number of carbonyl (C=O) groups is 2. The Morgan fingerprint density at radius 3 is 2.79 bits per heavy atom. The summed E-state index contributed by atoms with van der Waals surface area (Å²) in [6.07, 6.45) is 3.04. The minimum Gasteiger partial charge on any atom is -0.377 e. The number of carbonyl (C=O) groups excluding carboxylic acids is 2. The summed E-state index contributed by atoms with van der Waals surface area (Å²) >= 11 is 8.89. The van der Waals surface area contributed by atoms with Gasteiger partial charge in [0.25, 0.3) is 11.8 Å². The van der Waals surface area contributed by atoms with Gasteiger partial charge in [-0.2, -0.15) is 0 Å². The maximum absolute atomic E-state index is 13.2. The lowest BCUT2D eigenvalue weighted by molar-refractivity contribution is -0.125. The number of thioether (sulfide) groups is 1. The predicted octanol–water partition coefficient (Wildman–Crippen LogP) is 2.70.